The predicted octanol–water partition coefficient (Wildman–Crippen LogP) is 2.57. The lowest BCUT2D eigenvalue weighted by atomic mass is 10.1. The summed E-state index contributed by atoms with van der Waals surface area (Å²) in [7, 11) is 1.92. The van der Waals surface area contributed by atoms with E-state index >= 15 is 0 Å². The van der Waals surface area contributed by atoms with E-state index in [1.807, 2.05) is 24.1 Å². The van der Waals surface area contributed by atoms with E-state index < -0.39 is 0 Å². The summed E-state index contributed by atoms with van der Waals surface area (Å²) >= 11 is 5.97. The van der Waals surface area contributed by atoms with Crippen molar-refractivity contribution >= 4 is 17.4 Å². The van der Waals surface area contributed by atoms with E-state index in [9.17, 15) is 5.11 Å². The zero-order valence-electron chi connectivity index (χ0n) is 11.0. The third-order valence-corrected chi connectivity index (χ3v) is 3.38. The van der Waals surface area contributed by atoms with Crippen molar-refractivity contribution in [2.75, 3.05) is 11.9 Å². The highest BCUT2D eigenvalue weighted by atomic mass is 35.5. The van der Waals surface area contributed by atoms with Crippen LogP contribution in [0.5, 0.6) is 0 Å². The number of hydrogen-bond donors (Lipinski definition) is 1. The van der Waals surface area contributed by atoms with Crippen LogP contribution in [0.2, 0.25) is 5.15 Å². The minimum Gasteiger partial charge on any atom is -0.391 e. The largest absolute Gasteiger partial charge is 0.391 e. The van der Waals surface area contributed by atoms with Crippen molar-refractivity contribution in [3.8, 4) is 0 Å². The number of aryl methyl sites for hydroxylation is 1. The molecule has 1 N–H and O–H groups in total. The molecule has 0 amide bonds. The first-order valence-corrected chi connectivity index (χ1v) is 6.37. The second kappa shape index (κ2) is 5.99. The van der Waals surface area contributed by atoms with Crippen molar-refractivity contribution in [2.24, 2.45) is 0 Å². The van der Waals surface area contributed by atoms with Gasteiger partial charge >= 0.3 is 0 Å². The van der Waals surface area contributed by atoms with Crippen LogP contribution in [-0.4, -0.2) is 22.1 Å². The van der Waals surface area contributed by atoms with Gasteiger partial charge in [0.05, 0.1) is 12.2 Å². The van der Waals surface area contributed by atoms with Gasteiger partial charge < -0.3 is 10.0 Å². The summed E-state index contributed by atoms with van der Waals surface area (Å²) in [6, 6.07) is 8.17. The zero-order valence-corrected chi connectivity index (χ0v) is 11.7. The number of aromatic nitrogens is 2. The van der Waals surface area contributed by atoms with Gasteiger partial charge in [-0.2, -0.15) is 0 Å². The molecule has 1 aromatic carbocycles. The average Bonchev–Trinajstić information content (AvgIpc) is 2.41. The summed E-state index contributed by atoms with van der Waals surface area (Å²) in [6.07, 6.45) is 1.41. The zero-order chi connectivity index (χ0) is 13.8. The molecule has 0 bridgehead atoms. The van der Waals surface area contributed by atoms with Gasteiger partial charge in [0.1, 0.15) is 17.3 Å². The normalized spacial score (nSPS) is 10.5. The topological polar surface area (TPSA) is 49.2 Å². The van der Waals surface area contributed by atoms with E-state index in [0.29, 0.717) is 23.1 Å². The van der Waals surface area contributed by atoms with Crippen molar-refractivity contribution in [3.05, 3.63) is 52.4 Å². The van der Waals surface area contributed by atoms with Crippen LogP contribution in [0, 0.1) is 6.92 Å². The van der Waals surface area contributed by atoms with E-state index in [1.165, 1.54) is 17.5 Å². The van der Waals surface area contributed by atoms with Gasteiger partial charge in [0, 0.05) is 13.6 Å². The van der Waals surface area contributed by atoms with E-state index in [2.05, 4.69) is 29.0 Å². The van der Waals surface area contributed by atoms with Gasteiger partial charge in [-0.15, -0.1) is 0 Å². The molecule has 2 aromatic rings. The Bertz CT molecular complexity index is 574. The number of aliphatic hydroxyl groups excluding tert-OH is 1. The number of benzene rings is 1. The first-order valence-electron chi connectivity index (χ1n) is 5.99. The Balaban J connectivity index is 2.28. The first-order chi connectivity index (χ1) is 9.13. The van der Waals surface area contributed by atoms with Crippen LogP contribution >= 0.6 is 11.6 Å². The lowest BCUT2D eigenvalue weighted by Crippen LogP contribution is -2.20. The molecule has 1 heterocycles. The number of nitrogens with zero attached hydrogens (tertiary/aromatic N) is 3. The summed E-state index contributed by atoms with van der Waals surface area (Å²) in [5.74, 6) is 0.658. The molecule has 19 heavy (non-hydrogen) atoms. The van der Waals surface area contributed by atoms with Crippen molar-refractivity contribution in [1.82, 2.24) is 9.97 Å². The monoisotopic (exact) mass is 277 g/mol. The van der Waals surface area contributed by atoms with Gasteiger partial charge in [0.2, 0.25) is 0 Å². The standard InChI is InChI=1S/C14H16ClN3O/c1-10-5-3-4-6-11(10)7-18(2)14-12(8-19)13(15)16-9-17-14/h3-6,9,19H,7-8H2,1-2H3. The Kier molecular flexibility index (Phi) is 4.35. The third kappa shape index (κ3) is 3.03. The molecule has 0 atom stereocenters. The van der Waals surface area contributed by atoms with Gasteiger partial charge in [-0.05, 0) is 18.1 Å². The van der Waals surface area contributed by atoms with Crippen molar-refractivity contribution < 1.29 is 5.11 Å². The first kappa shape index (κ1) is 13.8. The number of hydrogen-bond acceptors (Lipinski definition) is 4. The van der Waals surface area contributed by atoms with Crippen LogP contribution in [0.15, 0.2) is 30.6 Å². The summed E-state index contributed by atoms with van der Waals surface area (Å²) in [5, 5.41) is 9.67. The van der Waals surface area contributed by atoms with Crippen LogP contribution in [0.25, 0.3) is 0 Å². The molecule has 100 valence electrons. The van der Waals surface area contributed by atoms with Gasteiger partial charge in [-0.25, -0.2) is 9.97 Å². The molecular weight excluding hydrogens is 262 g/mol. The summed E-state index contributed by atoms with van der Waals surface area (Å²) in [4.78, 5) is 10.1. The SMILES string of the molecule is Cc1ccccc1CN(C)c1ncnc(Cl)c1CO. The van der Waals surface area contributed by atoms with Crippen molar-refractivity contribution in [1.29, 1.82) is 0 Å². The Hall–Kier alpha value is -1.65. The molecule has 0 aliphatic carbocycles. The summed E-state index contributed by atoms with van der Waals surface area (Å²) in [6.45, 7) is 2.60. The average molecular weight is 278 g/mol. The molecule has 0 unspecified atom stereocenters. The molecule has 1 aromatic heterocycles. The Labute approximate surface area is 117 Å². The molecule has 0 fully saturated rings. The van der Waals surface area contributed by atoms with Gasteiger partial charge in [0.15, 0.2) is 0 Å². The predicted molar refractivity (Wildman–Crippen MR) is 76.3 cm³/mol. The van der Waals surface area contributed by atoms with Crippen LogP contribution in [0.4, 0.5) is 5.82 Å². The van der Waals surface area contributed by atoms with Crippen LogP contribution < -0.4 is 4.90 Å². The van der Waals surface area contributed by atoms with Crippen LogP contribution in [0.3, 0.4) is 0 Å². The minimum atomic E-state index is -0.173. The van der Waals surface area contributed by atoms with E-state index in [0.717, 1.165) is 0 Å². The number of rotatable bonds is 4. The fraction of sp³-hybridized carbons (Fsp3) is 0.286. The maximum atomic E-state index is 9.38. The smallest absolute Gasteiger partial charge is 0.140 e. The van der Waals surface area contributed by atoms with Gasteiger partial charge in [0.25, 0.3) is 0 Å². The molecule has 0 saturated heterocycles. The quantitative estimate of drug-likeness (QED) is 0.873. The molecule has 0 aliphatic rings. The Morgan fingerprint density at radius 3 is 2.68 bits per heavy atom. The lowest BCUT2D eigenvalue weighted by molar-refractivity contribution is 0.281. The summed E-state index contributed by atoms with van der Waals surface area (Å²) in [5.41, 5.74) is 2.99. The van der Waals surface area contributed by atoms with Crippen molar-refractivity contribution in [2.45, 2.75) is 20.1 Å². The maximum absolute atomic E-state index is 9.38. The second-order valence-electron chi connectivity index (χ2n) is 4.41. The molecule has 0 radical (unpaired) electrons. The molecule has 0 saturated carbocycles. The molecular formula is C14H16ClN3O. The fourth-order valence-electron chi connectivity index (χ4n) is 1.97. The molecule has 2 rings (SSSR count). The second-order valence-corrected chi connectivity index (χ2v) is 4.77. The number of halogens is 1. The minimum absolute atomic E-state index is 0.173. The molecule has 0 spiro atoms. The highest BCUT2D eigenvalue weighted by molar-refractivity contribution is 6.30. The molecule has 4 nitrogen and oxygen atoms in total. The highest BCUT2D eigenvalue weighted by Gasteiger charge is 2.13. The van der Waals surface area contributed by atoms with E-state index in [4.69, 9.17) is 11.6 Å². The number of aliphatic hydroxyl groups is 1. The molecule has 5 heteroatoms. The lowest BCUT2D eigenvalue weighted by Gasteiger charge is -2.21. The van der Waals surface area contributed by atoms with Gasteiger partial charge in [-0.1, -0.05) is 35.9 Å². The van der Waals surface area contributed by atoms with E-state index in [1.54, 1.807) is 0 Å². The highest BCUT2D eigenvalue weighted by Crippen LogP contribution is 2.24. The molecule has 0 aliphatic heterocycles. The Morgan fingerprint density at radius 2 is 2.00 bits per heavy atom. The van der Waals surface area contributed by atoms with Crippen molar-refractivity contribution in [3.63, 3.8) is 0 Å². The van der Waals surface area contributed by atoms with Gasteiger partial charge in [-0.3, -0.25) is 0 Å². The van der Waals surface area contributed by atoms with Crippen LogP contribution in [-0.2, 0) is 13.2 Å². The fourth-order valence-corrected chi connectivity index (χ4v) is 2.15. The Morgan fingerprint density at radius 1 is 1.26 bits per heavy atom. The maximum Gasteiger partial charge on any atom is 0.140 e. The number of anilines is 1. The van der Waals surface area contributed by atoms with Crippen LogP contribution in [0.1, 0.15) is 16.7 Å². The third-order valence-electron chi connectivity index (χ3n) is 3.06. The summed E-state index contributed by atoms with van der Waals surface area (Å²) < 4.78 is 0. The van der Waals surface area contributed by atoms with E-state index in [-0.39, 0.29) is 6.61 Å².